The van der Waals surface area contributed by atoms with Crippen LogP contribution >= 0.6 is 68.0 Å². The number of aromatic hydroxyl groups is 1. The van der Waals surface area contributed by atoms with Crippen molar-refractivity contribution in [1.29, 1.82) is 0 Å². The van der Waals surface area contributed by atoms with Crippen LogP contribution in [0.2, 0.25) is 0 Å². The topological polar surface area (TPSA) is 400 Å². The molecule has 9 aromatic rings. The molecule has 462 valence electrons. The van der Waals surface area contributed by atoms with Gasteiger partial charge < -0.3 is 57.7 Å². The van der Waals surface area contributed by atoms with Gasteiger partial charge in [0.1, 0.15) is 87.7 Å². The molecule has 2 aliphatic heterocycles. The Labute approximate surface area is 534 Å². The number of aliphatic hydroxyl groups excluding tert-OH is 1. The highest BCUT2D eigenvalue weighted by Crippen LogP contribution is 2.43. The maximum atomic E-state index is 15.3. The molecule has 7 atom stereocenters. The summed E-state index contributed by atoms with van der Waals surface area (Å²) in [6, 6.07) is 13.1. The molecule has 0 unspecified atom stereocenters. The summed E-state index contributed by atoms with van der Waals surface area (Å²) in [5.74, 6) is -6.15. The zero-order valence-corrected chi connectivity index (χ0v) is 52.1. The number of aryl methyl sites for hydroxylation is 1. The van der Waals surface area contributed by atoms with Gasteiger partial charge in [-0.1, -0.05) is 49.4 Å². The van der Waals surface area contributed by atoms with Crippen molar-refractivity contribution in [3.8, 4) is 49.1 Å². The van der Waals surface area contributed by atoms with Gasteiger partial charge in [0, 0.05) is 69.2 Å². The summed E-state index contributed by atoms with van der Waals surface area (Å²) in [7, 11) is 0. The lowest BCUT2D eigenvalue weighted by molar-refractivity contribution is -0.137. The Bertz CT molecular complexity index is 4220. The molecule has 0 saturated carbocycles. The minimum atomic E-state index is -1.40. The summed E-state index contributed by atoms with van der Waals surface area (Å²) >= 11 is 6.68. The summed E-state index contributed by atoms with van der Waals surface area (Å²) in [6.45, 7) is 3.17. The fourth-order valence-electron chi connectivity index (χ4n) is 10.0. The minimum absolute atomic E-state index is 0.0332. The van der Waals surface area contributed by atoms with Gasteiger partial charge in [-0.15, -0.1) is 68.0 Å². The van der Waals surface area contributed by atoms with E-state index in [9.17, 15) is 48.9 Å². The van der Waals surface area contributed by atoms with E-state index in [2.05, 4.69) is 31.2 Å². The largest absolute Gasteiger partial charge is 0.508 e. The number of alkyl carbamates (subject to hydrolysis) is 1. The number of benzene rings is 2. The number of nitrogens with two attached hydrogens (primary N) is 2. The Hall–Kier alpha value is -9.31. The van der Waals surface area contributed by atoms with E-state index in [1.54, 1.807) is 79.2 Å². The number of hydrogen-bond donors (Lipinski definition) is 9. The number of nitrogens with one attached hydrogen (secondary N) is 4. The maximum absolute atomic E-state index is 15.3. The van der Waals surface area contributed by atoms with Crippen LogP contribution in [0.15, 0.2) is 93.6 Å². The van der Waals surface area contributed by atoms with E-state index in [1.165, 1.54) is 55.8 Å². The van der Waals surface area contributed by atoms with Crippen molar-refractivity contribution in [2.45, 2.75) is 75.9 Å². The van der Waals surface area contributed by atoms with Gasteiger partial charge in [0.25, 0.3) is 23.6 Å². The van der Waals surface area contributed by atoms with Gasteiger partial charge in [-0.25, -0.2) is 39.7 Å². The Morgan fingerprint density at radius 2 is 1.36 bits per heavy atom. The van der Waals surface area contributed by atoms with Crippen LogP contribution in [0.1, 0.15) is 123 Å². The molecular formula is C58H52N14O12S6. The van der Waals surface area contributed by atoms with Crippen molar-refractivity contribution in [3.05, 3.63) is 147 Å². The van der Waals surface area contributed by atoms with Crippen molar-refractivity contribution < 1.29 is 58.4 Å². The molecular weight excluding hydrogens is 1280 g/mol. The van der Waals surface area contributed by atoms with E-state index < -0.39 is 96.2 Å². The van der Waals surface area contributed by atoms with Crippen LogP contribution < -0.4 is 32.7 Å². The number of rotatable bonds is 13. The van der Waals surface area contributed by atoms with Crippen LogP contribution in [-0.2, 0) is 25.5 Å². The van der Waals surface area contributed by atoms with Gasteiger partial charge in [-0.3, -0.25) is 33.6 Å². The highest BCUT2D eigenvalue weighted by Gasteiger charge is 2.46. The first kappa shape index (κ1) is 62.3. The molecule has 0 aliphatic carbocycles. The van der Waals surface area contributed by atoms with Crippen molar-refractivity contribution in [3.63, 3.8) is 0 Å². The zero-order chi connectivity index (χ0) is 63.5. The predicted octanol–water partition coefficient (Wildman–Crippen LogP) is 6.99. The molecule has 0 spiro atoms. The molecule has 32 heteroatoms. The second-order valence-corrected chi connectivity index (χ2v) is 26.3. The molecule has 11 N–H and O–H groups in total. The van der Waals surface area contributed by atoms with E-state index in [0.717, 1.165) is 45.3 Å². The SMILES string of the molecule is Cc1sc2nc1C(=O)N[C@@H]([C@H](OC(=O)NCCCC(=O)O)c1ccccc1)c1nc(cs1)C(=O)N[C@@H](Cc1ccc(O)cc1)C(=O)N1C[C@H](O)[C@H](C)[C@H]1c1nc(cs1)-c1nc(cs1)-c1nc(-c3nc(C(N)=O)cs3)ccc1-c1nc(cs1)C(=O)N[C@H]2CC(N)=O. The summed E-state index contributed by atoms with van der Waals surface area (Å²) < 4.78 is 6.07. The third-order valence-electron chi connectivity index (χ3n) is 14.5. The van der Waals surface area contributed by atoms with Crippen LogP contribution in [0.3, 0.4) is 0 Å². The number of carboxylic acid groups (broad SMARTS) is 1. The van der Waals surface area contributed by atoms with Gasteiger partial charge in [0.15, 0.2) is 6.10 Å². The lowest BCUT2D eigenvalue weighted by atomic mass is 10.00. The Balaban J connectivity index is 1.02. The molecule has 9 heterocycles. The molecule has 0 radical (unpaired) electrons. The average Bonchev–Trinajstić information content (AvgIpc) is 1.72. The summed E-state index contributed by atoms with van der Waals surface area (Å²) in [4.78, 5) is 144. The number of carbonyl (C=O) groups excluding carboxylic acids is 7. The number of aromatic nitrogens is 7. The first-order valence-electron chi connectivity index (χ1n) is 27.5. The first-order valence-corrected chi connectivity index (χ1v) is 32.7. The number of nitrogens with zero attached hydrogens (tertiary/aromatic N) is 8. The summed E-state index contributed by atoms with van der Waals surface area (Å²) in [6.07, 6.45) is -4.10. The number of primary amides is 2. The molecule has 7 aromatic heterocycles. The molecule has 7 amide bonds. The molecule has 11 rings (SSSR count). The standard InChI is InChI=1S/C58H52N14O12S6/c1-25-39(74)19-72-45(25)56-69-38(24-89-56)53-65-34(20-86-53)43-30(14-15-31(62-43)52-66-35(21-87-52)47(60)78)51-67-36(22-85-51)48(79)63-32(18-40(59)75)54-71-42(26(2)90-54)50(81)70-44(46(28-7-4-3-5-8-28)84-58(83)61-16-6-9-41(76)77)55-68-37(23-88-55)49(80)64-33(57(72)82)17-27-10-12-29(73)13-11-27/h3-5,7-8,10-15,20-25,32-33,39,44-46,73-74H,6,9,16-19H2,1-2H3,(H2,59,75)(H2,60,78)(H,61,83)(H,63,79)(H,64,80)(H,70,81)(H,76,77)/t25-,32-,33-,39-,44-,45-,46+/m0/s1. The summed E-state index contributed by atoms with van der Waals surface area (Å²) in [5.41, 5.74) is 13.8. The quantitative estimate of drug-likeness (QED) is 0.0525. The second-order valence-electron chi connectivity index (χ2n) is 20.7. The number of phenolic OH excluding ortho intramolecular Hbond substituents is 1. The number of carbonyl (C=O) groups is 8. The molecule has 10 bridgehead atoms. The van der Waals surface area contributed by atoms with Crippen molar-refractivity contribution in [2.75, 3.05) is 13.1 Å². The third kappa shape index (κ3) is 13.8. The third-order valence-corrected chi connectivity index (χ3v) is 20.0. The number of hydrogen-bond acceptors (Lipinski definition) is 24. The van der Waals surface area contributed by atoms with Crippen molar-refractivity contribution in [1.82, 2.24) is 61.1 Å². The fourth-order valence-corrected chi connectivity index (χ4v) is 15.3. The molecule has 2 aliphatic rings. The van der Waals surface area contributed by atoms with E-state index in [-0.39, 0.29) is 70.9 Å². The Kier molecular flexibility index (Phi) is 18.6. The van der Waals surface area contributed by atoms with Gasteiger partial charge >= 0.3 is 12.1 Å². The minimum Gasteiger partial charge on any atom is -0.508 e. The Morgan fingerprint density at radius 1 is 0.700 bits per heavy atom. The average molecular weight is 1330 g/mol. The van der Waals surface area contributed by atoms with Crippen LogP contribution in [0, 0.1) is 12.8 Å². The highest BCUT2D eigenvalue weighted by molar-refractivity contribution is 7.15. The number of carboxylic acids is 1. The number of amides is 7. The number of aliphatic hydroxyl groups is 1. The number of aliphatic carboxylic acids is 1. The second kappa shape index (κ2) is 26.8. The van der Waals surface area contributed by atoms with Crippen molar-refractivity contribution >= 4 is 116 Å². The lowest BCUT2D eigenvalue weighted by Crippen LogP contribution is -2.50. The monoisotopic (exact) mass is 1330 g/mol. The Morgan fingerprint density at radius 3 is 2.09 bits per heavy atom. The number of phenols is 1. The number of thiazole rings is 6. The predicted molar refractivity (Wildman–Crippen MR) is 334 cm³/mol. The van der Waals surface area contributed by atoms with Crippen LogP contribution in [0.4, 0.5) is 4.79 Å². The fraction of sp³-hybridized carbons (Fsp3) is 0.259. The normalized spacial score (nSPS) is 19.0. The zero-order valence-electron chi connectivity index (χ0n) is 47.2. The lowest BCUT2D eigenvalue weighted by Gasteiger charge is -2.29. The number of ether oxygens (including phenoxy) is 1. The smallest absolute Gasteiger partial charge is 0.407 e. The van der Waals surface area contributed by atoms with E-state index in [4.69, 9.17) is 41.1 Å². The van der Waals surface area contributed by atoms with E-state index in [0.29, 0.717) is 64.4 Å². The van der Waals surface area contributed by atoms with E-state index >= 15 is 4.79 Å². The van der Waals surface area contributed by atoms with Gasteiger partial charge in [-0.2, -0.15) is 0 Å². The molecule has 90 heavy (non-hydrogen) atoms. The molecule has 2 aromatic carbocycles. The maximum Gasteiger partial charge on any atom is 0.407 e. The van der Waals surface area contributed by atoms with Gasteiger partial charge in [0.05, 0.1) is 30.3 Å². The van der Waals surface area contributed by atoms with Crippen molar-refractivity contribution in [2.24, 2.45) is 17.4 Å². The van der Waals surface area contributed by atoms with Gasteiger partial charge in [-0.05, 0) is 48.7 Å². The molecule has 26 nitrogen and oxygen atoms in total. The van der Waals surface area contributed by atoms with Crippen LogP contribution in [0.25, 0.3) is 43.4 Å². The van der Waals surface area contributed by atoms with Gasteiger partial charge in [0.2, 0.25) is 11.8 Å². The molecule has 1 saturated heterocycles. The molecule has 1 fully saturated rings. The van der Waals surface area contributed by atoms with Crippen LogP contribution in [0.5, 0.6) is 5.75 Å². The first-order chi connectivity index (χ1) is 43.2. The van der Waals surface area contributed by atoms with Crippen LogP contribution in [-0.4, -0.2) is 128 Å². The number of pyridine rings is 1. The summed E-state index contributed by atoms with van der Waals surface area (Å²) in [5, 5.41) is 51.9. The van der Waals surface area contributed by atoms with E-state index in [1.807, 2.05) is 0 Å². The number of fused-ring (bicyclic) bond motifs is 16. The highest BCUT2D eigenvalue weighted by atomic mass is 32.1.